The summed E-state index contributed by atoms with van der Waals surface area (Å²) in [5.74, 6) is 1.32. The minimum Gasteiger partial charge on any atom is -0.490 e. The molecule has 2 amide bonds. The summed E-state index contributed by atoms with van der Waals surface area (Å²) in [5, 5.41) is 0. The van der Waals surface area contributed by atoms with Gasteiger partial charge in [-0.2, -0.15) is 0 Å². The summed E-state index contributed by atoms with van der Waals surface area (Å²) in [6, 6.07) is 16.8. The Morgan fingerprint density at radius 2 is 1.57 bits per heavy atom. The number of carbonyl (C=O) groups excluding carboxylic acids is 2. The summed E-state index contributed by atoms with van der Waals surface area (Å²) >= 11 is 0. The highest BCUT2D eigenvalue weighted by Crippen LogP contribution is 2.27. The summed E-state index contributed by atoms with van der Waals surface area (Å²) in [5.41, 5.74) is 0.312. The third-order valence-electron chi connectivity index (χ3n) is 5.43. The van der Waals surface area contributed by atoms with Crippen molar-refractivity contribution in [3.8, 4) is 11.5 Å². The first kappa shape index (κ1) is 26.2. The zero-order valence-electron chi connectivity index (χ0n) is 21.1. The van der Waals surface area contributed by atoms with Crippen LogP contribution in [-0.4, -0.2) is 66.5 Å². The number of ether oxygens (including phenoxy) is 4. The van der Waals surface area contributed by atoms with E-state index in [0.717, 1.165) is 5.56 Å². The third kappa shape index (κ3) is 8.09. The van der Waals surface area contributed by atoms with Crippen LogP contribution in [0.4, 0.5) is 9.59 Å². The molecule has 3 rings (SSSR count). The first-order chi connectivity index (χ1) is 16.8. The van der Waals surface area contributed by atoms with Gasteiger partial charge in [-0.05, 0) is 45.4 Å². The van der Waals surface area contributed by atoms with Gasteiger partial charge in [0.25, 0.3) is 0 Å². The molecule has 8 heteroatoms. The van der Waals surface area contributed by atoms with Crippen molar-refractivity contribution >= 4 is 12.2 Å². The molecule has 190 valence electrons. The number of piperazine rings is 1. The minimum atomic E-state index is -0.611. The monoisotopic (exact) mass is 484 g/mol. The van der Waals surface area contributed by atoms with Gasteiger partial charge in [-0.1, -0.05) is 42.5 Å². The largest absolute Gasteiger partial charge is 0.490 e. The van der Waals surface area contributed by atoms with Crippen LogP contribution in [0.25, 0.3) is 0 Å². The number of hydrogen-bond acceptors (Lipinski definition) is 6. The second kappa shape index (κ2) is 12.3. The average molecular weight is 485 g/mol. The van der Waals surface area contributed by atoms with E-state index in [1.54, 1.807) is 9.80 Å². The van der Waals surface area contributed by atoms with Crippen molar-refractivity contribution in [3.05, 3.63) is 60.2 Å². The van der Waals surface area contributed by atoms with Crippen molar-refractivity contribution in [2.75, 3.05) is 32.8 Å². The normalized spacial score (nSPS) is 15.9. The van der Waals surface area contributed by atoms with Crippen molar-refractivity contribution in [3.63, 3.8) is 0 Å². The maximum Gasteiger partial charge on any atom is 0.410 e. The highest BCUT2D eigenvalue weighted by Gasteiger charge is 2.35. The van der Waals surface area contributed by atoms with Gasteiger partial charge in [-0.15, -0.1) is 0 Å². The fraction of sp³-hybridized carbons (Fsp3) is 0.481. The molecule has 1 aliphatic heterocycles. The molecule has 0 saturated carbocycles. The zero-order chi connectivity index (χ0) is 25.3. The van der Waals surface area contributed by atoms with Crippen LogP contribution in [-0.2, 0) is 16.1 Å². The van der Waals surface area contributed by atoms with Crippen LogP contribution in [0.2, 0.25) is 0 Å². The molecule has 0 N–H and O–H groups in total. The molecule has 1 atom stereocenters. The fourth-order valence-corrected chi connectivity index (χ4v) is 3.79. The molecular formula is C27H36N2O6. The molecule has 1 fully saturated rings. The molecule has 0 spiro atoms. The van der Waals surface area contributed by atoms with Gasteiger partial charge in [-0.25, -0.2) is 9.59 Å². The summed E-state index contributed by atoms with van der Waals surface area (Å²) in [6.45, 7) is 9.59. The van der Waals surface area contributed by atoms with Crippen LogP contribution in [0.15, 0.2) is 54.6 Å². The van der Waals surface area contributed by atoms with Gasteiger partial charge in [0.2, 0.25) is 0 Å². The molecular weight excluding hydrogens is 448 g/mol. The van der Waals surface area contributed by atoms with E-state index >= 15 is 0 Å². The molecule has 0 aliphatic carbocycles. The number of nitrogens with zero attached hydrogens (tertiary/aromatic N) is 2. The van der Waals surface area contributed by atoms with Gasteiger partial charge in [-0.3, -0.25) is 0 Å². The van der Waals surface area contributed by atoms with Gasteiger partial charge in [0.1, 0.15) is 12.2 Å². The van der Waals surface area contributed by atoms with Crippen molar-refractivity contribution in [2.45, 2.75) is 52.4 Å². The number of amides is 2. The van der Waals surface area contributed by atoms with Crippen LogP contribution in [0, 0.1) is 0 Å². The lowest BCUT2D eigenvalue weighted by molar-refractivity contribution is -0.00619. The van der Waals surface area contributed by atoms with E-state index < -0.39 is 17.8 Å². The van der Waals surface area contributed by atoms with Gasteiger partial charge in [0, 0.05) is 26.1 Å². The molecule has 1 heterocycles. The molecule has 0 aromatic heterocycles. The maximum absolute atomic E-state index is 12.9. The lowest BCUT2D eigenvalue weighted by Crippen LogP contribution is -2.57. The van der Waals surface area contributed by atoms with Gasteiger partial charge >= 0.3 is 12.2 Å². The van der Waals surface area contributed by atoms with E-state index in [4.69, 9.17) is 18.9 Å². The Kier molecular flexibility index (Phi) is 9.23. The molecule has 0 bridgehead atoms. The first-order valence-corrected chi connectivity index (χ1v) is 12.1. The van der Waals surface area contributed by atoms with Gasteiger partial charge in [0.15, 0.2) is 11.5 Å². The first-order valence-electron chi connectivity index (χ1n) is 12.1. The van der Waals surface area contributed by atoms with Crippen molar-refractivity contribution in [1.29, 1.82) is 0 Å². The lowest BCUT2D eigenvalue weighted by atomic mass is 10.1. The third-order valence-corrected chi connectivity index (χ3v) is 5.43. The number of para-hydroxylation sites is 2. The number of hydrogen-bond donors (Lipinski definition) is 0. The van der Waals surface area contributed by atoms with E-state index in [0.29, 0.717) is 50.8 Å². The molecule has 1 saturated heterocycles. The number of rotatable bonds is 8. The highest BCUT2D eigenvalue weighted by molar-refractivity contribution is 5.71. The SMILES string of the molecule is CCOc1ccccc1OCC[C@@H]1CN(C(=O)OCc2ccccc2)CCN1C(=O)OC(C)(C)C. The molecule has 0 unspecified atom stereocenters. The summed E-state index contributed by atoms with van der Waals surface area (Å²) in [7, 11) is 0. The predicted molar refractivity (Wildman–Crippen MR) is 133 cm³/mol. The van der Waals surface area contributed by atoms with Gasteiger partial charge < -0.3 is 28.7 Å². The molecule has 0 radical (unpaired) electrons. The molecule has 2 aromatic carbocycles. The second-order valence-corrected chi connectivity index (χ2v) is 9.33. The quantitative estimate of drug-likeness (QED) is 0.518. The Labute approximate surface area is 207 Å². The Balaban J connectivity index is 1.63. The standard InChI is InChI=1S/C27H36N2O6/c1-5-32-23-13-9-10-14-24(23)33-18-15-22-19-28(16-17-29(22)26(31)35-27(2,3)4)25(30)34-20-21-11-7-6-8-12-21/h6-14,22H,5,15-20H2,1-4H3/t22-/m1/s1. The molecule has 35 heavy (non-hydrogen) atoms. The lowest BCUT2D eigenvalue weighted by Gasteiger charge is -2.41. The van der Waals surface area contributed by atoms with Gasteiger partial charge in [0.05, 0.1) is 19.3 Å². The van der Waals surface area contributed by atoms with Crippen LogP contribution in [0.5, 0.6) is 11.5 Å². The fourth-order valence-electron chi connectivity index (χ4n) is 3.79. The predicted octanol–water partition coefficient (Wildman–Crippen LogP) is 5.11. The number of benzene rings is 2. The van der Waals surface area contributed by atoms with E-state index in [1.807, 2.05) is 82.3 Å². The van der Waals surface area contributed by atoms with Crippen LogP contribution >= 0.6 is 0 Å². The maximum atomic E-state index is 12.9. The van der Waals surface area contributed by atoms with Crippen molar-refractivity contribution in [1.82, 2.24) is 9.80 Å². The Bertz CT molecular complexity index is 960. The Morgan fingerprint density at radius 1 is 0.914 bits per heavy atom. The summed E-state index contributed by atoms with van der Waals surface area (Å²) in [4.78, 5) is 29.0. The minimum absolute atomic E-state index is 0.202. The van der Waals surface area contributed by atoms with E-state index in [9.17, 15) is 9.59 Å². The number of carbonyl (C=O) groups is 2. The highest BCUT2D eigenvalue weighted by atomic mass is 16.6. The molecule has 8 nitrogen and oxygen atoms in total. The second-order valence-electron chi connectivity index (χ2n) is 9.33. The Morgan fingerprint density at radius 3 is 2.23 bits per heavy atom. The van der Waals surface area contributed by atoms with Crippen molar-refractivity contribution < 1.29 is 28.5 Å². The van der Waals surface area contributed by atoms with Crippen LogP contribution < -0.4 is 9.47 Å². The Hall–Kier alpha value is -3.42. The summed E-state index contributed by atoms with van der Waals surface area (Å²) in [6.07, 6.45) is -0.276. The smallest absolute Gasteiger partial charge is 0.410 e. The average Bonchev–Trinajstić information content (AvgIpc) is 2.83. The topological polar surface area (TPSA) is 77.5 Å². The van der Waals surface area contributed by atoms with E-state index in [1.165, 1.54) is 0 Å². The van der Waals surface area contributed by atoms with E-state index in [-0.39, 0.29) is 12.6 Å². The molecule has 1 aliphatic rings. The zero-order valence-corrected chi connectivity index (χ0v) is 21.1. The molecule has 2 aromatic rings. The summed E-state index contributed by atoms with van der Waals surface area (Å²) < 4.78 is 22.7. The van der Waals surface area contributed by atoms with Crippen molar-refractivity contribution in [2.24, 2.45) is 0 Å². The van der Waals surface area contributed by atoms with Crippen LogP contribution in [0.3, 0.4) is 0 Å². The van der Waals surface area contributed by atoms with Crippen LogP contribution in [0.1, 0.15) is 39.7 Å². The van der Waals surface area contributed by atoms with E-state index in [2.05, 4.69) is 0 Å².